The Kier molecular flexibility index (Phi) is 6.82. The molecule has 7 nitrogen and oxygen atoms in total. The summed E-state index contributed by atoms with van der Waals surface area (Å²) in [7, 11) is 1.31. The van der Waals surface area contributed by atoms with E-state index in [9.17, 15) is 14.7 Å². The summed E-state index contributed by atoms with van der Waals surface area (Å²) in [6.07, 6.45) is 4.52. The molecule has 0 spiro atoms. The van der Waals surface area contributed by atoms with E-state index in [0.717, 1.165) is 36.8 Å². The van der Waals surface area contributed by atoms with E-state index in [4.69, 9.17) is 4.74 Å². The van der Waals surface area contributed by atoms with E-state index in [1.54, 1.807) is 24.3 Å². The van der Waals surface area contributed by atoms with Crippen molar-refractivity contribution in [2.75, 3.05) is 17.7 Å². The standard InChI is InChI=1S/C23H28N2O5/c1-14-11-17(24-23(28)29-3)12-15(2)21(14)30-18-9-10-20(26)19(13-18)25-22(27)16-7-5-4-6-8-16/h9-13,16,26H,4-8H2,1-3H3,(H,24,28)(H,25,27). The lowest BCUT2D eigenvalue weighted by Gasteiger charge is -2.21. The Morgan fingerprint density at radius 3 is 2.30 bits per heavy atom. The van der Waals surface area contributed by atoms with Gasteiger partial charge in [-0.15, -0.1) is 0 Å². The van der Waals surface area contributed by atoms with E-state index in [-0.39, 0.29) is 17.6 Å². The Bertz CT molecular complexity index is 912. The molecule has 3 rings (SSSR count). The lowest BCUT2D eigenvalue weighted by atomic mass is 9.88. The van der Waals surface area contributed by atoms with Gasteiger partial charge in [0.05, 0.1) is 12.8 Å². The van der Waals surface area contributed by atoms with Crippen LogP contribution in [0.3, 0.4) is 0 Å². The first kappa shape index (κ1) is 21.5. The highest BCUT2D eigenvalue weighted by Crippen LogP contribution is 2.35. The van der Waals surface area contributed by atoms with Gasteiger partial charge in [-0.1, -0.05) is 19.3 Å². The van der Waals surface area contributed by atoms with Crippen molar-refractivity contribution < 1.29 is 24.2 Å². The van der Waals surface area contributed by atoms with Crippen molar-refractivity contribution in [2.45, 2.75) is 46.0 Å². The Balaban J connectivity index is 1.76. The highest BCUT2D eigenvalue weighted by atomic mass is 16.5. The normalized spacial score (nSPS) is 14.1. The molecule has 1 fully saturated rings. The summed E-state index contributed by atoms with van der Waals surface area (Å²) >= 11 is 0. The van der Waals surface area contributed by atoms with E-state index < -0.39 is 6.09 Å². The average molecular weight is 412 g/mol. The minimum Gasteiger partial charge on any atom is -0.506 e. The Morgan fingerprint density at radius 1 is 1.00 bits per heavy atom. The number of benzene rings is 2. The molecule has 1 aliphatic carbocycles. The number of hydrogen-bond donors (Lipinski definition) is 3. The monoisotopic (exact) mass is 412 g/mol. The van der Waals surface area contributed by atoms with Crippen LogP contribution in [-0.4, -0.2) is 24.2 Å². The van der Waals surface area contributed by atoms with E-state index in [1.165, 1.54) is 19.6 Å². The van der Waals surface area contributed by atoms with E-state index in [1.807, 2.05) is 13.8 Å². The molecule has 0 bridgehead atoms. The summed E-state index contributed by atoms with van der Waals surface area (Å²) in [5, 5.41) is 15.7. The molecule has 0 saturated heterocycles. The summed E-state index contributed by atoms with van der Waals surface area (Å²) in [4.78, 5) is 24.0. The molecule has 1 saturated carbocycles. The number of rotatable bonds is 5. The van der Waals surface area contributed by atoms with Gasteiger partial charge in [0.25, 0.3) is 0 Å². The summed E-state index contributed by atoms with van der Waals surface area (Å²) in [5.41, 5.74) is 2.59. The number of methoxy groups -OCH3 is 1. The van der Waals surface area contributed by atoms with Crippen molar-refractivity contribution >= 4 is 23.4 Å². The second kappa shape index (κ2) is 9.52. The Morgan fingerprint density at radius 2 is 1.67 bits per heavy atom. The third-order valence-corrected chi connectivity index (χ3v) is 5.31. The van der Waals surface area contributed by atoms with Crippen LogP contribution in [0.25, 0.3) is 0 Å². The van der Waals surface area contributed by atoms with Gasteiger partial charge in [0, 0.05) is 17.7 Å². The third kappa shape index (κ3) is 5.23. The highest BCUT2D eigenvalue weighted by Gasteiger charge is 2.22. The van der Waals surface area contributed by atoms with Gasteiger partial charge in [0.15, 0.2) is 0 Å². The number of amides is 2. The maximum absolute atomic E-state index is 12.5. The number of nitrogens with one attached hydrogen (secondary N) is 2. The van der Waals surface area contributed by atoms with Gasteiger partial charge >= 0.3 is 6.09 Å². The number of aryl methyl sites for hydroxylation is 2. The van der Waals surface area contributed by atoms with Gasteiger partial charge in [0.1, 0.15) is 17.2 Å². The molecule has 0 heterocycles. The predicted octanol–water partition coefficient (Wildman–Crippen LogP) is 5.50. The minimum atomic E-state index is -0.542. The molecule has 2 amide bonds. The van der Waals surface area contributed by atoms with Crippen LogP contribution in [0.4, 0.5) is 16.2 Å². The average Bonchev–Trinajstić information content (AvgIpc) is 2.73. The highest BCUT2D eigenvalue weighted by molar-refractivity contribution is 5.94. The second-order valence-corrected chi connectivity index (χ2v) is 7.66. The first-order chi connectivity index (χ1) is 14.4. The summed E-state index contributed by atoms with van der Waals surface area (Å²) in [5.74, 6) is 1.06. The summed E-state index contributed by atoms with van der Waals surface area (Å²) < 4.78 is 10.7. The van der Waals surface area contributed by atoms with Crippen molar-refractivity contribution in [3.8, 4) is 17.2 Å². The quantitative estimate of drug-likeness (QED) is 0.564. The predicted molar refractivity (Wildman–Crippen MR) is 115 cm³/mol. The van der Waals surface area contributed by atoms with Crippen molar-refractivity contribution in [3.63, 3.8) is 0 Å². The first-order valence-corrected chi connectivity index (χ1v) is 10.2. The van der Waals surface area contributed by atoms with Crippen LogP contribution in [0.5, 0.6) is 17.2 Å². The van der Waals surface area contributed by atoms with Gasteiger partial charge in [-0.2, -0.15) is 0 Å². The molecule has 1 aliphatic rings. The Labute approximate surface area is 176 Å². The number of ether oxygens (including phenoxy) is 2. The molecule has 0 radical (unpaired) electrons. The lowest BCUT2D eigenvalue weighted by Crippen LogP contribution is -2.24. The molecule has 160 valence electrons. The number of anilines is 2. The van der Waals surface area contributed by atoms with Crippen LogP contribution in [0.15, 0.2) is 30.3 Å². The van der Waals surface area contributed by atoms with Crippen LogP contribution in [-0.2, 0) is 9.53 Å². The molecular weight excluding hydrogens is 384 g/mol. The van der Waals surface area contributed by atoms with Gasteiger partial charge in [0.2, 0.25) is 5.91 Å². The summed E-state index contributed by atoms with van der Waals surface area (Å²) in [6.45, 7) is 3.74. The first-order valence-electron chi connectivity index (χ1n) is 10.2. The topological polar surface area (TPSA) is 96.9 Å². The van der Waals surface area contributed by atoms with Crippen molar-refractivity contribution in [1.82, 2.24) is 0 Å². The van der Waals surface area contributed by atoms with Crippen LogP contribution in [0.2, 0.25) is 0 Å². The number of hydrogen-bond acceptors (Lipinski definition) is 5. The fourth-order valence-electron chi connectivity index (χ4n) is 3.75. The van der Waals surface area contributed by atoms with Crippen LogP contribution in [0.1, 0.15) is 43.2 Å². The van der Waals surface area contributed by atoms with E-state index >= 15 is 0 Å². The second-order valence-electron chi connectivity index (χ2n) is 7.66. The number of aromatic hydroxyl groups is 1. The number of carbonyl (C=O) groups excluding carboxylic acids is 2. The minimum absolute atomic E-state index is 0.00224. The molecule has 0 aliphatic heterocycles. The maximum atomic E-state index is 12.5. The maximum Gasteiger partial charge on any atom is 0.411 e. The van der Waals surface area contributed by atoms with Gasteiger partial charge in [-0.05, 0) is 62.1 Å². The fraction of sp³-hybridized carbons (Fsp3) is 0.391. The summed E-state index contributed by atoms with van der Waals surface area (Å²) in [6, 6.07) is 8.33. The van der Waals surface area contributed by atoms with Crippen LogP contribution in [0, 0.1) is 19.8 Å². The molecule has 2 aromatic carbocycles. The zero-order valence-corrected chi connectivity index (χ0v) is 17.6. The van der Waals surface area contributed by atoms with Crippen molar-refractivity contribution in [2.24, 2.45) is 5.92 Å². The van der Waals surface area contributed by atoms with Crippen molar-refractivity contribution in [1.29, 1.82) is 0 Å². The molecule has 30 heavy (non-hydrogen) atoms. The molecular formula is C23H28N2O5. The number of phenolic OH excluding ortho intramolecular Hbond substituents is 1. The van der Waals surface area contributed by atoms with Crippen molar-refractivity contribution in [3.05, 3.63) is 41.5 Å². The van der Waals surface area contributed by atoms with Crippen LogP contribution < -0.4 is 15.4 Å². The number of carbonyl (C=O) groups is 2. The molecule has 0 aromatic heterocycles. The SMILES string of the molecule is COC(=O)Nc1cc(C)c(Oc2ccc(O)c(NC(=O)C3CCCCC3)c2)c(C)c1. The molecule has 3 N–H and O–H groups in total. The lowest BCUT2D eigenvalue weighted by molar-refractivity contribution is -0.120. The van der Waals surface area contributed by atoms with Gasteiger partial charge < -0.3 is 19.9 Å². The van der Waals surface area contributed by atoms with E-state index in [0.29, 0.717) is 22.9 Å². The molecule has 2 aromatic rings. The van der Waals surface area contributed by atoms with Crippen LogP contribution >= 0.6 is 0 Å². The Hall–Kier alpha value is -3.22. The molecule has 7 heteroatoms. The molecule has 0 unspecified atom stereocenters. The zero-order chi connectivity index (χ0) is 21.7. The fourth-order valence-corrected chi connectivity index (χ4v) is 3.75. The third-order valence-electron chi connectivity index (χ3n) is 5.31. The number of phenols is 1. The smallest absolute Gasteiger partial charge is 0.411 e. The van der Waals surface area contributed by atoms with E-state index in [2.05, 4.69) is 15.4 Å². The van der Waals surface area contributed by atoms with Gasteiger partial charge in [-0.25, -0.2) is 4.79 Å². The largest absolute Gasteiger partial charge is 0.506 e. The van der Waals surface area contributed by atoms with Gasteiger partial charge in [-0.3, -0.25) is 10.1 Å². The molecule has 0 atom stereocenters. The zero-order valence-electron chi connectivity index (χ0n) is 17.6.